The number of aryl methyl sites for hydroxylation is 1. The number of likely N-dealkylation sites (tertiary alicyclic amines) is 1. The normalized spacial score (nSPS) is 17.2. The zero-order valence-electron chi connectivity index (χ0n) is 12.9. The molecule has 5 heteroatoms. The summed E-state index contributed by atoms with van der Waals surface area (Å²) in [6, 6.07) is 6.81. The number of piperidine rings is 1. The molecule has 1 aliphatic rings. The molecular weight excluding hydrogens is 281 g/mol. The largest absolute Gasteiger partial charge is 0.328 e. The third-order valence-electron chi connectivity index (χ3n) is 4.64. The van der Waals surface area contributed by atoms with Gasteiger partial charge in [-0.05, 0) is 55.9 Å². The molecule has 1 saturated heterocycles. The average molecular weight is 303 g/mol. The zero-order chi connectivity index (χ0) is 15.7. The lowest BCUT2D eigenvalue weighted by Gasteiger charge is -2.30. The smallest absolute Gasteiger partial charge is 0.250 e. The highest BCUT2D eigenvalue weighted by atomic mass is 19.1. The van der Waals surface area contributed by atoms with Gasteiger partial charge in [-0.2, -0.15) is 0 Å². The van der Waals surface area contributed by atoms with Gasteiger partial charge in [-0.1, -0.05) is 0 Å². The second-order valence-corrected chi connectivity index (χ2v) is 6.12. The minimum absolute atomic E-state index is 0.108. The summed E-state index contributed by atoms with van der Waals surface area (Å²) in [5.41, 5.74) is 7.15. The van der Waals surface area contributed by atoms with Gasteiger partial charge in [-0.3, -0.25) is 4.79 Å². The van der Waals surface area contributed by atoms with Crippen LogP contribution < -0.4 is 11.3 Å². The third-order valence-corrected chi connectivity index (χ3v) is 4.64. The predicted octanol–water partition coefficient (Wildman–Crippen LogP) is 1.64. The standard InChI is InChI=1S/C17H22FN3O/c1-20-16(22)5-3-12-2-4-15(18)14(17(12)20)8-11-21-9-6-13(19)7-10-21/h2-5,13H,6-11,19H2,1H3. The van der Waals surface area contributed by atoms with Crippen molar-refractivity contribution in [2.75, 3.05) is 19.6 Å². The van der Waals surface area contributed by atoms with Gasteiger partial charge in [-0.25, -0.2) is 4.39 Å². The highest BCUT2D eigenvalue weighted by Crippen LogP contribution is 2.21. The van der Waals surface area contributed by atoms with Crippen LogP contribution in [0.1, 0.15) is 18.4 Å². The number of benzene rings is 1. The number of hydrogen-bond acceptors (Lipinski definition) is 3. The number of halogens is 1. The number of nitrogens with two attached hydrogens (primary N) is 1. The number of aromatic nitrogens is 1. The molecule has 2 aromatic rings. The summed E-state index contributed by atoms with van der Waals surface area (Å²) in [6.07, 6.45) is 2.60. The third kappa shape index (κ3) is 2.91. The predicted molar refractivity (Wildman–Crippen MR) is 86.5 cm³/mol. The Kier molecular flexibility index (Phi) is 4.27. The number of hydrogen-bond donors (Lipinski definition) is 1. The van der Waals surface area contributed by atoms with E-state index < -0.39 is 0 Å². The van der Waals surface area contributed by atoms with Crippen molar-refractivity contribution in [2.45, 2.75) is 25.3 Å². The summed E-state index contributed by atoms with van der Waals surface area (Å²) in [7, 11) is 1.70. The molecule has 0 atom stereocenters. The molecule has 0 aliphatic carbocycles. The Morgan fingerprint density at radius 1 is 1.23 bits per heavy atom. The first-order valence-corrected chi connectivity index (χ1v) is 7.81. The molecule has 2 N–H and O–H groups in total. The Bertz CT molecular complexity index is 732. The molecule has 0 spiro atoms. The van der Waals surface area contributed by atoms with Crippen LogP contribution in [0.3, 0.4) is 0 Å². The van der Waals surface area contributed by atoms with E-state index in [1.165, 1.54) is 12.1 Å². The maximum atomic E-state index is 14.3. The molecule has 0 unspecified atom stereocenters. The van der Waals surface area contributed by atoms with Gasteiger partial charge in [0, 0.05) is 31.3 Å². The number of fused-ring (bicyclic) bond motifs is 1. The lowest BCUT2D eigenvalue weighted by Crippen LogP contribution is -2.40. The van der Waals surface area contributed by atoms with Crippen LogP contribution in [-0.4, -0.2) is 35.1 Å². The van der Waals surface area contributed by atoms with Crippen LogP contribution in [0.15, 0.2) is 29.1 Å². The molecule has 0 bridgehead atoms. The van der Waals surface area contributed by atoms with E-state index in [4.69, 9.17) is 5.73 Å². The molecular formula is C17H22FN3O. The highest BCUT2D eigenvalue weighted by Gasteiger charge is 2.17. The zero-order valence-corrected chi connectivity index (χ0v) is 12.9. The van der Waals surface area contributed by atoms with Crippen molar-refractivity contribution in [3.05, 3.63) is 46.0 Å². The van der Waals surface area contributed by atoms with Crippen molar-refractivity contribution < 1.29 is 4.39 Å². The van der Waals surface area contributed by atoms with Gasteiger partial charge in [0.05, 0.1) is 5.52 Å². The minimum Gasteiger partial charge on any atom is -0.328 e. The number of rotatable bonds is 3. The Labute approximate surface area is 129 Å². The van der Waals surface area contributed by atoms with Gasteiger partial charge in [0.15, 0.2) is 0 Å². The molecule has 22 heavy (non-hydrogen) atoms. The van der Waals surface area contributed by atoms with Crippen LogP contribution in [0, 0.1) is 5.82 Å². The first-order valence-electron chi connectivity index (χ1n) is 7.81. The van der Waals surface area contributed by atoms with E-state index >= 15 is 0 Å². The molecule has 0 amide bonds. The lowest BCUT2D eigenvalue weighted by molar-refractivity contribution is 0.215. The first kappa shape index (κ1) is 15.2. The van der Waals surface area contributed by atoms with Crippen molar-refractivity contribution in [1.29, 1.82) is 0 Å². The van der Waals surface area contributed by atoms with E-state index in [-0.39, 0.29) is 11.4 Å². The quantitative estimate of drug-likeness (QED) is 0.938. The molecule has 118 valence electrons. The Hall–Kier alpha value is -1.72. The van der Waals surface area contributed by atoms with Gasteiger partial charge >= 0.3 is 0 Å². The second kappa shape index (κ2) is 6.18. The topological polar surface area (TPSA) is 51.3 Å². The van der Waals surface area contributed by atoms with Crippen LogP contribution in [0.2, 0.25) is 0 Å². The molecule has 0 saturated carbocycles. The summed E-state index contributed by atoms with van der Waals surface area (Å²) in [5, 5.41) is 0.902. The molecule has 2 heterocycles. The van der Waals surface area contributed by atoms with Gasteiger partial charge in [0.25, 0.3) is 5.56 Å². The Morgan fingerprint density at radius 2 is 1.91 bits per heavy atom. The molecule has 0 radical (unpaired) electrons. The molecule has 4 nitrogen and oxygen atoms in total. The summed E-state index contributed by atoms with van der Waals surface area (Å²) < 4.78 is 15.8. The summed E-state index contributed by atoms with van der Waals surface area (Å²) in [5.74, 6) is -0.234. The molecule has 1 aliphatic heterocycles. The van der Waals surface area contributed by atoms with Crippen molar-refractivity contribution >= 4 is 10.9 Å². The average Bonchev–Trinajstić information content (AvgIpc) is 2.52. The van der Waals surface area contributed by atoms with E-state index in [0.29, 0.717) is 23.5 Å². The van der Waals surface area contributed by atoms with Crippen LogP contribution in [0.25, 0.3) is 10.9 Å². The van der Waals surface area contributed by atoms with E-state index in [2.05, 4.69) is 4.90 Å². The van der Waals surface area contributed by atoms with E-state index in [1.54, 1.807) is 23.7 Å². The van der Waals surface area contributed by atoms with Gasteiger partial charge < -0.3 is 15.2 Å². The fourth-order valence-electron chi connectivity index (χ4n) is 3.23. The van der Waals surface area contributed by atoms with Crippen molar-refractivity contribution in [2.24, 2.45) is 12.8 Å². The SMILES string of the molecule is Cn1c(=O)ccc2ccc(F)c(CCN3CCC(N)CC3)c21. The van der Waals surface area contributed by atoms with E-state index in [0.717, 1.165) is 37.9 Å². The summed E-state index contributed by atoms with van der Waals surface area (Å²) in [4.78, 5) is 14.2. The second-order valence-electron chi connectivity index (χ2n) is 6.12. The van der Waals surface area contributed by atoms with E-state index in [9.17, 15) is 9.18 Å². The summed E-state index contributed by atoms with van der Waals surface area (Å²) in [6.45, 7) is 2.73. The van der Waals surface area contributed by atoms with Gasteiger partial charge in [0.1, 0.15) is 5.82 Å². The number of pyridine rings is 1. The molecule has 3 rings (SSSR count). The van der Waals surface area contributed by atoms with Gasteiger partial charge in [0.2, 0.25) is 0 Å². The van der Waals surface area contributed by atoms with E-state index in [1.807, 2.05) is 0 Å². The molecule has 1 aromatic carbocycles. The van der Waals surface area contributed by atoms with Crippen molar-refractivity contribution in [3.63, 3.8) is 0 Å². The van der Waals surface area contributed by atoms with Crippen molar-refractivity contribution in [3.8, 4) is 0 Å². The lowest BCUT2D eigenvalue weighted by atomic mass is 10.0. The highest BCUT2D eigenvalue weighted by molar-refractivity contribution is 5.82. The molecule has 1 aromatic heterocycles. The van der Waals surface area contributed by atoms with Crippen LogP contribution in [-0.2, 0) is 13.5 Å². The maximum absolute atomic E-state index is 14.3. The Morgan fingerprint density at radius 3 is 2.64 bits per heavy atom. The molecule has 1 fully saturated rings. The van der Waals surface area contributed by atoms with Crippen LogP contribution >= 0.6 is 0 Å². The maximum Gasteiger partial charge on any atom is 0.250 e. The van der Waals surface area contributed by atoms with Crippen molar-refractivity contribution in [1.82, 2.24) is 9.47 Å². The fourth-order valence-corrected chi connectivity index (χ4v) is 3.23. The van der Waals surface area contributed by atoms with Crippen LogP contribution in [0.5, 0.6) is 0 Å². The van der Waals surface area contributed by atoms with Gasteiger partial charge in [-0.15, -0.1) is 0 Å². The van der Waals surface area contributed by atoms with Crippen LogP contribution in [0.4, 0.5) is 4.39 Å². The minimum atomic E-state index is -0.234. The Balaban J connectivity index is 1.88. The fraction of sp³-hybridized carbons (Fsp3) is 0.471. The number of nitrogens with zero attached hydrogens (tertiary/aromatic N) is 2. The first-order chi connectivity index (χ1) is 10.6. The summed E-state index contributed by atoms with van der Waals surface area (Å²) >= 11 is 0. The monoisotopic (exact) mass is 303 g/mol.